The zero-order chi connectivity index (χ0) is 11.5. The van der Waals surface area contributed by atoms with Gasteiger partial charge in [0.15, 0.2) is 0 Å². The van der Waals surface area contributed by atoms with E-state index in [4.69, 9.17) is 0 Å². The summed E-state index contributed by atoms with van der Waals surface area (Å²) in [6.45, 7) is 5.47. The third-order valence-electron chi connectivity index (χ3n) is 3.55. The van der Waals surface area contributed by atoms with Crippen LogP contribution in [0, 0.1) is 19.8 Å². The van der Waals surface area contributed by atoms with Gasteiger partial charge in [-0.3, -0.25) is 0 Å². The van der Waals surface area contributed by atoms with Crippen LogP contribution in [0.4, 0.5) is 0 Å². The van der Waals surface area contributed by atoms with Crippen molar-refractivity contribution in [1.82, 2.24) is 5.32 Å². The summed E-state index contributed by atoms with van der Waals surface area (Å²) in [6.07, 6.45) is 2.69. The van der Waals surface area contributed by atoms with E-state index in [1.54, 1.807) is 0 Å². The van der Waals surface area contributed by atoms with Crippen LogP contribution in [0.3, 0.4) is 0 Å². The number of aliphatic hydroxyl groups is 1. The van der Waals surface area contributed by atoms with Crippen molar-refractivity contribution in [2.24, 2.45) is 5.92 Å². The van der Waals surface area contributed by atoms with Crippen LogP contribution in [0.25, 0.3) is 0 Å². The van der Waals surface area contributed by atoms with Crippen LogP contribution >= 0.6 is 0 Å². The molecule has 2 rings (SSSR count). The number of aryl methyl sites for hydroxylation is 1. The molecule has 0 radical (unpaired) electrons. The van der Waals surface area contributed by atoms with Gasteiger partial charge in [0, 0.05) is 0 Å². The Bertz CT molecular complexity index is 358. The molecule has 1 unspecified atom stereocenters. The maximum absolute atomic E-state index is 9.47. The van der Waals surface area contributed by atoms with Gasteiger partial charge in [-0.15, -0.1) is 0 Å². The largest absolute Gasteiger partial charge is 0.394 e. The van der Waals surface area contributed by atoms with Crippen molar-refractivity contribution >= 4 is 0 Å². The summed E-state index contributed by atoms with van der Waals surface area (Å²) in [6, 6.07) is 6.40. The molecule has 88 valence electrons. The third-order valence-corrected chi connectivity index (χ3v) is 3.55. The van der Waals surface area contributed by atoms with Crippen LogP contribution < -0.4 is 5.32 Å². The molecule has 0 bridgehead atoms. The number of aliphatic hydroxyl groups excluding tert-OH is 1. The summed E-state index contributed by atoms with van der Waals surface area (Å²) in [5.41, 5.74) is 3.83. The Balaban J connectivity index is 2.08. The molecular formula is C14H21NO. The average molecular weight is 219 g/mol. The van der Waals surface area contributed by atoms with Crippen molar-refractivity contribution in [2.45, 2.75) is 32.7 Å². The fourth-order valence-corrected chi connectivity index (χ4v) is 2.06. The predicted molar refractivity (Wildman–Crippen MR) is 66.5 cm³/mol. The molecule has 0 heterocycles. The first kappa shape index (κ1) is 11.6. The highest BCUT2D eigenvalue weighted by Gasteiger charge is 2.23. The molecule has 2 nitrogen and oxygen atoms in total. The van der Waals surface area contributed by atoms with Gasteiger partial charge >= 0.3 is 0 Å². The number of rotatable bonds is 5. The Hall–Kier alpha value is -0.860. The molecule has 1 aliphatic carbocycles. The van der Waals surface area contributed by atoms with Crippen molar-refractivity contribution in [3.63, 3.8) is 0 Å². The van der Waals surface area contributed by atoms with Gasteiger partial charge in [-0.2, -0.15) is 0 Å². The summed E-state index contributed by atoms with van der Waals surface area (Å²) in [4.78, 5) is 0. The van der Waals surface area contributed by atoms with E-state index < -0.39 is 0 Å². The minimum Gasteiger partial charge on any atom is -0.394 e. The average Bonchev–Trinajstić information content (AvgIpc) is 3.08. The lowest BCUT2D eigenvalue weighted by Gasteiger charge is -2.19. The summed E-state index contributed by atoms with van der Waals surface area (Å²) in [5, 5.41) is 12.9. The van der Waals surface area contributed by atoms with E-state index in [0.29, 0.717) is 0 Å². The van der Waals surface area contributed by atoms with Crippen LogP contribution in [0.5, 0.6) is 0 Å². The summed E-state index contributed by atoms with van der Waals surface area (Å²) >= 11 is 0. The molecule has 0 amide bonds. The fraction of sp³-hybridized carbons (Fsp3) is 0.571. The van der Waals surface area contributed by atoms with Crippen LogP contribution in [-0.2, 0) is 0 Å². The Morgan fingerprint density at radius 1 is 1.38 bits per heavy atom. The molecule has 1 aromatic carbocycles. The first-order chi connectivity index (χ1) is 7.72. The lowest BCUT2D eigenvalue weighted by atomic mass is 9.98. The van der Waals surface area contributed by atoms with Gasteiger partial charge < -0.3 is 10.4 Å². The molecule has 1 atom stereocenters. The number of nitrogens with one attached hydrogen (secondary N) is 1. The lowest BCUT2D eigenvalue weighted by molar-refractivity contribution is 0.243. The summed E-state index contributed by atoms with van der Waals surface area (Å²) < 4.78 is 0. The minimum absolute atomic E-state index is 0.0977. The van der Waals surface area contributed by atoms with Crippen molar-refractivity contribution in [2.75, 3.05) is 13.2 Å². The zero-order valence-corrected chi connectivity index (χ0v) is 10.2. The quantitative estimate of drug-likeness (QED) is 0.796. The third kappa shape index (κ3) is 2.63. The fourth-order valence-electron chi connectivity index (χ4n) is 2.06. The van der Waals surface area contributed by atoms with Crippen molar-refractivity contribution < 1.29 is 5.11 Å². The second-order valence-electron chi connectivity index (χ2n) is 4.88. The molecule has 1 saturated carbocycles. The highest BCUT2D eigenvalue weighted by atomic mass is 16.3. The normalized spacial score (nSPS) is 17.4. The first-order valence-corrected chi connectivity index (χ1v) is 6.12. The molecular weight excluding hydrogens is 198 g/mol. The Morgan fingerprint density at radius 3 is 2.75 bits per heavy atom. The highest BCUT2D eigenvalue weighted by molar-refractivity contribution is 5.35. The second kappa shape index (κ2) is 4.98. The van der Waals surface area contributed by atoms with Crippen LogP contribution in [-0.4, -0.2) is 18.3 Å². The van der Waals surface area contributed by atoms with Crippen molar-refractivity contribution in [1.29, 1.82) is 0 Å². The summed E-state index contributed by atoms with van der Waals surface area (Å²) in [5.74, 6) is 0.846. The standard InChI is InChI=1S/C14H21NO/c1-10-4-3-5-13(11(10)2)14(9-16)15-8-12-6-7-12/h3-5,12,14-16H,6-9H2,1-2H3. The molecule has 16 heavy (non-hydrogen) atoms. The summed E-state index contributed by atoms with van der Waals surface area (Å²) in [7, 11) is 0. The van der Waals surface area contributed by atoms with Gasteiger partial charge in [0.05, 0.1) is 12.6 Å². The van der Waals surface area contributed by atoms with Gasteiger partial charge in [-0.05, 0) is 55.8 Å². The first-order valence-electron chi connectivity index (χ1n) is 6.12. The van der Waals surface area contributed by atoms with E-state index in [9.17, 15) is 5.11 Å². The van der Waals surface area contributed by atoms with Gasteiger partial charge in [-0.1, -0.05) is 18.2 Å². The SMILES string of the molecule is Cc1cccc(C(CO)NCC2CC2)c1C. The Morgan fingerprint density at radius 2 is 2.12 bits per heavy atom. The molecule has 1 aliphatic rings. The van der Waals surface area contributed by atoms with Crippen LogP contribution in [0.1, 0.15) is 35.6 Å². The number of hydrogen-bond donors (Lipinski definition) is 2. The molecule has 1 fully saturated rings. The molecule has 2 N–H and O–H groups in total. The smallest absolute Gasteiger partial charge is 0.0626 e. The molecule has 0 aliphatic heterocycles. The maximum Gasteiger partial charge on any atom is 0.0626 e. The van der Waals surface area contributed by atoms with E-state index in [1.165, 1.54) is 29.5 Å². The van der Waals surface area contributed by atoms with E-state index in [2.05, 4.69) is 37.4 Å². The van der Waals surface area contributed by atoms with Crippen molar-refractivity contribution in [3.8, 4) is 0 Å². The van der Waals surface area contributed by atoms with Gasteiger partial charge in [0.1, 0.15) is 0 Å². The topological polar surface area (TPSA) is 32.3 Å². The Labute approximate surface area is 97.7 Å². The van der Waals surface area contributed by atoms with E-state index in [1.807, 2.05) is 0 Å². The predicted octanol–water partition coefficient (Wildman–Crippen LogP) is 2.34. The van der Waals surface area contributed by atoms with Crippen LogP contribution in [0.15, 0.2) is 18.2 Å². The lowest BCUT2D eigenvalue weighted by Crippen LogP contribution is -2.27. The molecule has 0 aromatic heterocycles. The van der Waals surface area contributed by atoms with Crippen molar-refractivity contribution in [3.05, 3.63) is 34.9 Å². The second-order valence-corrected chi connectivity index (χ2v) is 4.88. The van der Waals surface area contributed by atoms with Gasteiger partial charge in [-0.25, -0.2) is 0 Å². The highest BCUT2D eigenvalue weighted by Crippen LogP contribution is 2.29. The zero-order valence-electron chi connectivity index (χ0n) is 10.2. The van der Waals surface area contributed by atoms with E-state index in [0.717, 1.165) is 12.5 Å². The van der Waals surface area contributed by atoms with Crippen LogP contribution in [0.2, 0.25) is 0 Å². The molecule has 1 aromatic rings. The Kier molecular flexibility index (Phi) is 3.62. The molecule has 0 spiro atoms. The monoisotopic (exact) mass is 219 g/mol. The van der Waals surface area contributed by atoms with Gasteiger partial charge in [0.25, 0.3) is 0 Å². The molecule has 2 heteroatoms. The number of hydrogen-bond acceptors (Lipinski definition) is 2. The van der Waals surface area contributed by atoms with E-state index >= 15 is 0 Å². The minimum atomic E-state index is 0.0977. The van der Waals surface area contributed by atoms with E-state index in [-0.39, 0.29) is 12.6 Å². The molecule has 0 saturated heterocycles. The maximum atomic E-state index is 9.47. The number of benzene rings is 1. The van der Waals surface area contributed by atoms with Gasteiger partial charge in [0.2, 0.25) is 0 Å².